The van der Waals surface area contributed by atoms with Crippen molar-refractivity contribution in [3.63, 3.8) is 0 Å². The highest BCUT2D eigenvalue weighted by Crippen LogP contribution is 2.40. The summed E-state index contributed by atoms with van der Waals surface area (Å²) in [6.07, 6.45) is 2.51. The average Bonchev–Trinajstić information content (AvgIpc) is 2.79. The van der Waals surface area contributed by atoms with Crippen LogP contribution in [-0.4, -0.2) is 12.3 Å². The molecule has 1 aromatic heterocycles. The van der Waals surface area contributed by atoms with Crippen molar-refractivity contribution in [2.45, 2.75) is 18.8 Å². The molecule has 0 unspecified atom stereocenters. The van der Waals surface area contributed by atoms with Crippen LogP contribution >= 0.6 is 11.3 Å². The highest BCUT2D eigenvalue weighted by molar-refractivity contribution is 7.10. The third-order valence-corrected chi connectivity index (χ3v) is 3.90. The number of oxime groups is 1. The molecular formula is C10H11NOS. The van der Waals surface area contributed by atoms with Gasteiger partial charge in [-0.25, -0.2) is 0 Å². The monoisotopic (exact) mass is 193 g/mol. The van der Waals surface area contributed by atoms with Crippen molar-refractivity contribution in [1.29, 1.82) is 0 Å². The molecule has 2 heterocycles. The van der Waals surface area contributed by atoms with Gasteiger partial charge in [0.05, 0.1) is 5.71 Å². The lowest BCUT2D eigenvalue weighted by atomic mass is 10.0. The summed E-state index contributed by atoms with van der Waals surface area (Å²) in [4.78, 5) is 6.58. The van der Waals surface area contributed by atoms with Crippen LogP contribution in [0.3, 0.4) is 0 Å². The van der Waals surface area contributed by atoms with Gasteiger partial charge in [0, 0.05) is 16.7 Å². The van der Waals surface area contributed by atoms with Crippen molar-refractivity contribution in [2.24, 2.45) is 11.1 Å². The molecule has 3 heteroatoms. The summed E-state index contributed by atoms with van der Waals surface area (Å²) in [5.41, 5.74) is 1.29. The lowest BCUT2D eigenvalue weighted by molar-refractivity contribution is 0.151. The van der Waals surface area contributed by atoms with E-state index in [0.29, 0.717) is 11.8 Å². The lowest BCUT2D eigenvalue weighted by Gasteiger charge is -2.05. The molecule has 1 aliphatic heterocycles. The Balaban J connectivity index is 1.94. The van der Waals surface area contributed by atoms with Gasteiger partial charge >= 0.3 is 0 Å². The Bertz CT molecular complexity index is 331. The molecule has 3 rings (SSSR count). The molecule has 2 atom stereocenters. The minimum atomic E-state index is 0.562. The van der Waals surface area contributed by atoms with Gasteiger partial charge in [0.1, 0.15) is 6.61 Å². The summed E-state index contributed by atoms with van der Waals surface area (Å²) in [5, 5.41) is 6.30. The van der Waals surface area contributed by atoms with E-state index in [-0.39, 0.29) is 0 Å². The SMILES string of the molecule is c1csc([C@H]2CC[C@@H]3CON=C32)c1. The Morgan fingerprint density at radius 1 is 1.46 bits per heavy atom. The maximum atomic E-state index is 5.13. The van der Waals surface area contributed by atoms with Gasteiger partial charge in [0.2, 0.25) is 0 Å². The van der Waals surface area contributed by atoms with Gasteiger partial charge in [-0.3, -0.25) is 0 Å². The fraction of sp³-hybridized carbons (Fsp3) is 0.500. The smallest absolute Gasteiger partial charge is 0.125 e. The third-order valence-electron chi connectivity index (χ3n) is 2.91. The maximum Gasteiger partial charge on any atom is 0.125 e. The zero-order valence-corrected chi connectivity index (χ0v) is 8.09. The fourth-order valence-electron chi connectivity index (χ4n) is 2.23. The zero-order chi connectivity index (χ0) is 8.67. The molecule has 0 radical (unpaired) electrons. The minimum absolute atomic E-state index is 0.562. The predicted molar refractivity (Wildman–Crippen MR) is 53.2 cm³/mol. The topological polar surface area (TPSA) is 21.6 Å². The fourth-order valence-corrected chi connectivity index (χ4v) is 3.11. The molecule has 0 aromatic carbocycles. The predicted octanol–water partition coefficient (Wildman–Crippen LogP) is 2.63. The Kier molecular flexibility index (Phi) is 1.65. The summed E-state index contributed by atoms with van der Waals surface area (Å²) in [6.45, 7) is 0.817. The van der Waals surface area contributed by atoms with Gasteiger partial charge in [0.15, 0.2) is 0 Å². The molecule has 1 aromatic rings. The van der Waals surface area contributed by atoms with Crippen molar-refractivity contribution < 1.29 is 4.84 Å². The zero-order valence-electron chi connectivity index (χ0n) is 7.27. The number of nitrogens with zero attached hydrogens (tertiary/aromatic N) is 1. The molecule has 68 valence electrons. The highest BCUT2D eigenvalue weighted by Gasteiger charge is 2.37. The number of hydrogen-bond donors (Lipinski definition) is 0. The molecule has 0 saturated heterocycles. The van der Waals surface area contributed by atoms with Gasteiger partial charge < -0.3 is 4.84 Å². The second kappa shape index (κ2) is 2.84. The van der Waals surface area contributed by atoms with Gasteiger partial charge in [-0.15, -0.1) is 11.3 Å². The lowest BCUT2D eigenvalue weighted by Crippen LogP contribution is -2.09. The summed E-state index contributed by atoms with van der Waals surface area (Å²) in [6, 6.07) is 4.32. The second-order valence-electron chi connectivity index (χ2n) is 3.65. The summed E-state index contributed by atoms with van der Waals surface area (Å²) in [7, 11) is 0. The molecule has 2 nitrogen and oxygen atoms in total. The summed E-state index contributed by atoms with van der Waals surface area (Å²) >= 11 is 1.83. The van der Waals surface area contributed by atoms with Crippen LogP contribution in [0.15, 0.2) is 22.7 Å². The second-order valence-corrected chi connectivity index (χ2v) is 4.63. The Morgan fingerprint density at radius 2 is 2.46 bits per heavy atom. The van der Waals surface area contributed by atoms with Crippen LogP contribution < -0.4 is 0 Å². The molecule has 0 N–H and O–H groups in total. The molecule has 0 amide bonds. The van der Waals surface area contributed by atoms with Gasteiger partial charge in [-0.1, -0.05) is 11.2 Å². The van der Waals surface area contributed by atoms with Gasteiger partial charge in [0.25, 0.3) is 0 Å². The van der Waals surface area contributed by atoms with Crippen LogP contribution in [-0.2, 0) is 4.84 Å². The molecule has 1 fully saturated rings. The molecule has 1 saturated carbocycles. The number of fused-ring (bicyclic) bond motifs is 1. The van der Waals surface area contributed by atoms with E-state index < -0.39 is 0 Å². The normalized spacial score (nSPS) is 31.2. The summed E-state index contributed by atoms with van der Waals surface area (Å²) < 4.78 is 0. The third kappa shape index (κ3) is 1.10. The van der Waals surface area contributed by atoms with E-state index in [4.69, 9.17) is 4.84 Å². The first-order valence-corrected chi connectivity index (χ1v) is 5.56. The standard InChI is InChI=1S/C10H11NOS/c1-2-9(13-5-1)8-4-3-7-6-12-11-10(7)8/h1-2,5,7-8H,3-4,6H2/t7-,8-/m1/s1. The van der Waals surface area contributed by atoms with Gasteiger partial charge in [-0.05, 0) is 24.3 Å². The molecule has 1 aliphatic carbocycles. The first kappa shape index (κ1) is 7.56. The molecule has 13 heavy (non-hydrogen) atoms. The van der Waals surface area contributed by atoms with E-state index in [1.54, 1.807) is 0 Å². The first-order valence-electron chi connectivity index (χ1n) is 4.68. The number of hydrogen-bond acceptors (Lipinski definition) is 3. The molecule has 0 spiro atoms. The van der Waals surface area contributed by atoms with E-state index >= 15 is 0 Å². The van der Waals surface area contributed by atoms with E-state index in [2.05, 4.69) is 22.7 Å². The largest absolute Gasteiger partial charge is 0.395 e. The number of rotatable bonds is 1. The molecule has 0 bridgehead atoms. The van der Waals surface area contributed by atoms with E-state index in [9.17, 15) is 0 Å². The molecular weight excluding hydrogens is 182 g/mol. The van der Waals surface area contributed by atoms with E-state index in [0.717, 1.165) is 6.61 Å². The Hall–Kier alpha value is -0.830. The first-order chi connectivity index (χ1) is 6.45. The van der Waals surface area contributed by atoms with Crippen LogP contribution in [0.4, 0.5) is 0 Å². The van der Waals surface area contributed by atoms with Crippen molar-refractivity contribution >= 4 is 17.0 Å². The van der Waals surface area contributed by atoms with Crippen molar-refractivity contribution in [3.05, 3.63) is 22.4 Å². The van der Waals surface area contributed by atoms with Crippen molar-refractivity contribution in [3.8, 4) is 0 Å². The van der Waals surface area contributed by atoms with Crippen LogP contribution in [0.5, 0.6) is 0 Å². The maximum absolute atomic E-state index is 5.13. The van der Waals surface area contributed by atoms with E-state index in [1.165, 1.54) is 23.4 Å². The summed E-state index contributed by atoms with van der Waals surface area (Å²) in [5.74, 6) is 1.18. The van der Waals surface area contributed by atoms with Crippen molar-refractivity contribution in [1.82, 2.24) is 0 Å². The Labute approximate surface area is 81.2 Å². The van der Waals surface area contributed by atoms with Crippen LogP contribution in [0.1, 0.15) is 23.6 Å². The van der Waals surface area contributed by atoms with Crippen LogP contribution in [0.2, 0.25) is 0 Å². The quantitative estimate of drug-likeness (QED) is 0.672. The van der Waals surface area contributed by atoms with Crippen LogP contribution in [0, 0.1) is 5.92 Å². The minimum Gasteiger partial charge on any atom is -0.395 e. The average molecular weight is 193 g/mol. The number of thiophene rings is 1. The highest BCUT2D eigenvalue weighted by atomic mass is 32.1. The van der Waals surface area contributed by atoms with Crippen molar-refractivity contribution in [2.75, 3.05) is 6.61 Å². The van der Waals surface area contributed by atoms with E-state index in [1.807, 2.05) is 11.3 Å². The van der Waals surface area contributed by atoms with Crippen LogP contribution in [0.25, 0.3) is 0 Å². The Morgan fingerprint density at radius 3 is 3.31 bits per heavy atom. The molecule has 2 aliphatic rings. The van der Waals surface area contributed by atoms with Gasteiger partial charge in [-0.2, -0.15) is 0 Å².